The van der Waals surface area contributed by atoms with E-state index in [0.717, 1.165) is 22.7 Å². The third-order valence-corrected chi connectivity index (χ3v) is 3.19. The highest BCUT2D eigenvalue weighted by Crippen LogP contribution is 2.32. The summed E-state index contributed by atoms with van der Waals surface area (Å²) in [6.45, 7) is 2.81. The molecule has 116 valence electrons. The highest BCUT2D eigenvalue weighted by Gasteiger charge is 2.12. The molecule has 2 aromatic rings. The molecule has 22 heavy (non-hydrogen) atoms. The van der Waals surface area contributed by atoms with E-state index in [0.29, 0.717) is 12.5 Å². The molecule has 0 aliphatic carbocycles. The SMILES string of the molecule is Cc1ccc(NC(N)=NCc2ccc3c(c2)OCO3)cc1.I. The molecule has 0 aromatic heterocycles. The summed E-state index contributed by atoms with van der Waals surface area (Å²) in [4.78, 5) is 4.32. The maximum absolute atomic E-state index is 5.89. The normalized spacial score (nSPS) is 12.7. The van der Waals surface area contributed by atoms with Gasteiger partial charge in [0.05, 0.1) is 6.54 Å². The van der Waals surface area contributed by atoms with Gasteiger partial charge in [-0.25, -0.2) is 4.99 Å². The number of hydrogen-bond donors (Lipinski definition) is 2. The summed E-state index contributed by atoms with van der Waals surface area (Å²) in [6.07, 6.45) is 0. The molecule has 0 atom stereocenters. The molecule has 0 bridgehead atoms. The number of nitrogens with zero attached hydrogens (tertiary/aromatic N) is 1. The van der Waals surface area contributed by atoms with E-state index in [1.54, 1.807) is 0 Å². The molecule has 3 rings (SSSR count). The molecule has 0 amide bonds. The Morgan fingerprint density at radius 1 is 1.14 bits per heavy atom. The highest BCUT2D eigenvalue weighted by molar-refractivity contribution is 14.0. The summed E-state index contributed by atoms with van der Waals surface area (Å²) < 4.78 is 10.6. The first-order chi connectivity index (χ1) is 10.2. The fourth-order valence-corrected chi connectivity index (χ4v) is 2.04. The molecule has 0 radical (unpaired) electrons. The van der Waals surface area contributed by atoms with Crippen LogP contribution in [-0.4, -0.2) is 12.8 Å². The fraction of sp³-hybridized carbons (Fsp3) is 0.188. The first kappa shape index (κ1) is 16.4. The van der Waals surface area contributed by atoms with Gasteiger partial charge in [0.25, 0.3) is 0 Å². The lowest BCUT2D eigenvalue weighted by Gasteiger charge is -2.06. The van der Waals surface area contributed by atoms with Crippen molar-refractivity contribution in [3.63, 3.8) is 0 Å². The van der Waals surface area contributed by atoms with E-state index in [2.05, 4.69) is 10.3 Å². The zero-order valence-corrected chi connectivity index (χ0v) is 14.5. The van der Waals surface area contributed by atoms with Gasteiger partial charge < -0.3 is 20.5 Å². The summed E-state index contributed by atoms with van der Waals surface area (Å²) in [5.74, 6) is 1.91. The molecule has 0 saturated carbocycles. The second kappa shape index (κ2) is 7.35. The molecular formula is C16H18IN3O2. The third kappa shape index (κ3) is 4.03. The van der Waals surface area contributed by atoms with Crippen molar-refractivity contribution in [1.82, 2.24) is 0 Å². The summed E-state index contributed by atoms with van der Waals surface area (Å²) in [7, 11) is 0. The molecule has 0 fully saturated rings. The van der Waals surface area contributed by atoms with Crippen LogP contribution in [0, 0.1) is 6.92 Å². The lowest BCUT2D eigenvalue weighted by Crippen LogP contribution is -2.22. The number of aliphatic imine (C=N–C) groups is 1. The van der Waals surface area contributed by atoms with E-state index < -0.39 is 0 Å². The van der Waals surface area contributed by atoms with Crippen LogP contribution < -0.4 is 20.5 Å². The van der Waals surface area contributed by atoms with Crippen LogP contribution in [0.15, 0.2) is 47.5 Å². The van der Waals surface area contributed by atoms with Gasteiger partial charge in [-0.1, -0.05) is 23.8 Å². The Hall–Kier alpha value is -1.96. The minimum absolute atomic E-state index is 0. The molecule has 0 spiro atoms. The zero-order valence-electron chi connectivity index (χ0n) is 12.2. The number of rotatable bonds is 3. The van der Waals surface area contributed by atoms with Gasteiger partial charge in [-0.2, -0.15) is 0 Å². The van der Waals surface area contributed by atoms with Gasteiger partial charge >= 0.3 is 0 Å². The molecule has 5 nitrogen and oxygen atoms in total. The Balaban J connectivity index is 0.00000176. The standard InChI is InChI=1S/C16H17N3O2.HI/c1-11-2-5-13(6-3-11)19-16(17)18-9-12-4-7-14-15(8-12)21-10-20-14;/h2-8H,9-10H2,1H3,(H3,17,18,19);1H. The lowest BCUT2D eigenvalue weighted by atomic mass is 10.2. The minimum Gasteiger partial charge on any atom is -0.454 e. The Bertz CT molecular complexity index is 672. The second-order valence-electron chi connectivity index (χ2n) is 4.88. The number of benzene rings is 2. The Morgan fingerprint density at radius 3 is 2.64 bits per heavy atom. The van der Waals surface area contributed by atoms with Crippen LogP contribution in [-0.2, 0) is 6.54 Å². The van der Waals surface area contributed by atoms with E-state index in [4.69, 9.17) is 15.2 Å². The Labute approximate surface area is 146 Å². The molecule has 3 N–H and O–H groups in total. The molecule has 6 heteroatoms. The minimum atomic E-state index is 0. The smallest absolute Gasteiger partial charge is 0.231 e. The van der Waals surface area contributed by atoms with Crippen LogP contribution in [0.2, 0.25) is 0 Å². The number of aryl methyl sites for hydroxylation is 1. The van der Waals surface area contributed by atoms with Crippen molar-refractivity contribution in [3.8, 4) is 11.5 Å². The summed E-state index contributed by atoms with van der Waals surface area (Å²) in [6, 6.07) is 13.7. The van der Waals surface area contributed by atoms with Gasteiger partial charge in [-0.15, -0.1) is 24.0 Å². The van der Waals surface area contributed by atoms with Crippen molar-refractivity contribution in [1.29, 1.82) is 0 Å². The van der Waals surface area contributed by atoms with Gasteiger partial charge in [0, 0.05) is 5.69 Å². The molecular weight excluding hydrogens is 393 g/mol. The summed E-state index contributed by atoms with van der Waals surface area (Å²) >= 11 is 0. The monoisotopic (exact) mass is 411 g/mol. The van der Waals surface area contributed by atoms with Gasteiger partial charge in [0.15, 0.2) is 17.5 Å². The Morgan fingerprint density at radius 2 is 1.86 bits per heavy atom. The van der Waals surface area contributed by atoms with Gasteiger partial charge in [-0.3, -0.25) is 0 Å². The van der Waals surface area contributed by atoms with Crippen molar-refractivity contribution in [3.05, 3.63) is 53.6 Å². The molecule has 1 aliphatic rings. The Kier molecular flexibility index (Phi) is 5.48. The maximum Gasteiger partial charge on any atom is 0.231 e. The fourth-order valence-electron chi connectivity index (χ4n) is 2.04. The van der Waals surface area contributed by atoms with Crippen LogP contribution in [0.3, 0.4) is 0 Å². The number of guanidine groups is 1. The molecule has 0 saturated heterocycles. The van der Waals surface area contributed by atoms with Crippen molar-refractivity contribution >= 4 is 35.6 Å². The van der Waals surface area contributed by atoms with Crippen LogP contribution in [0.5, 0.6) is 11.5 Å². The van der Waals surface area contributed by atoms with Gasteiger partial charge in [0.2, 0.25) is 6.79 Å². The average molecular weight is 411 g/mol. The van der Waals surface area contributed by atoms with Crippen molar-refractivity contribution in [2.24, 2.45) is 10.7 Å². The first-order valence-electron chi connectivity index (χ1n) is 6.73. The maximum atomic E-state index is 5.89. The van der Waals surface area contributed by atoms with Crippen LogP contribution in [0.25, 0.3) is 0 Å². The predicted molar refractivity (Wildman–Crippen MR) is 98.1 cm³/mol. The second-order valence-corrected chi connectivity index (χ2v) is 4.88. The van der Waals surface area contributed by atoms with Crippen LogP contribution in [0.4, 0.5) is 5.69 Å². The quantitative estimate of drug-likeness (QED) is 0.462. The number of hydrogen-bond acceptors (Lipinski definition) is 3. The third-order valence-electron chi connectivity index (χ3n) is 3.19. The van der Waals surface area contributed by atoms with Gasteiger partial charge in [0.1, 0.15) is 0 Å². The largest absolute Gasteiger partial charge is 0.454 e. The molecule has 0 unspecified atom stereocenters. The lowest BCUT2D eigenvalue weighted by molar-refractivity contribution is 0.174. The highest BCUT2D eigenvalue weighted by atomic mass is 127. The van der Waals surface area contributed by atoms with Crippen molar-refractivity contribution in [2.45, 2.75) is 13.5 Å². The van der Waals surface area contributed by atoms with Crippen molar-refractivity contribution in [2.75, 3.05) is 12.1 Å². The molecule has 1 aliphatic heterocycles. The van der Waals surface area contributed by atoms with E-state index >= 15 is 0 Å². The zero-order chi connectivity index (χ0) is 14.7. The van der Waals surface area contributed by atoms with E-state index in [9.17, 15) is 0 Å². The topological polar surface area (TPSA) is 68.9 Å². The average Bonchev–Trinajstić information content (AvgIpc) is 2.95. The molecule has 2 aromatic carbocycles. The number of nitrogens with two attached hydrogens (primary N) is 1. The summed E-state index contributed by atoms with van der Waals surface area (Å²) in [5.41, 5.74) is 9.04. The predicted octanol–water partition coefficient (Wildman–Crippen LogP) is 3.27. The van der Waals surface area contributed by atoms with Crippen LogP contribution in [0.1, 0.15) is 11.1 Å². The number of fused-ring (bicyclic) bond motifs is 1. The van der Waals surface area contributed by atoms with E-state index in [1.165, 1.54) is 5.56 Å². The van der Waals surface area contributed by atoms with E-state index in [1.807, 2.05) is 49.4 Å². The van der Waals surface area contributed by atoms with Crippen LogP contribution >= 0.6 is 24.0 Å². The number of halogens is 1. The van der Waals surface area contributed by atoms with E-state index in [-0.39, 0.29) is 30.8 Å². The van der Waals surface area contributed by atoms with Crippen molar-refractivity contribution < 1.29 is 9.47 Å². The number of ether oxygens (including phenoxy) is 2. The number of anilines is 1. The summed E-state index contributed by atoms with van der Waals surface area (Å²) in [5, 5.41) is 3.06. The number of nitrogens with one attached hydrogen (secondary N) is 1. The van der Waals surface area contributed by atoms with Gasteiger partial charge in [-0.05, 0) is 36.8 Å². The first-order valence-corrected chi connectivity index (χ1v) is 6.73. The molecule has 1 heterocycles.